The molecule has 0 aliphatic rings. The van der Waals surface area contributed by atoms with Crippen LogP contribution in [0.25, 0.3) is 10.2 Å². The lowest BCUT2D eigenvalue weighted by Gasteiger charge is -2.09. The first-order valence-corrected chi connectivity index (χ1v) is 13.6. The number of phenols is 1. The van der Waals surface area contributed by atoms with Crippen LogP contribution in [-0.2, 0) is 14.5 Å². The Balaban J connectivity index is 1.42. The molecule has 1 aromatic heterocycles. The van der Waals surface area contributed by atoms with E-state index < -0.39 is 9.71 Å². The Morgan fingerprint density at radius 3 is 2.83 bits per heavy atom. The topological polar surface area (TPSA) is 129 Å². The summed E-state index contributed by atoms with van der Waals surface area (Å²) in [6.45, 7) is 4.45. The number of aromatic nitrogens is 1. The molecule has 0 aliphatic heterocycles. The molecule has 1 atom stereocenters. The lowest BCUT2D eigenvalue weighted by atomic mass is 10.2. The van der Waals surface area contributed by atoms with Crippen LogP contribution in [-0.4, -0.2) is 39.2 Å². The first-order valence-electron chi connectivity index (χ1n) is 11.0. The van der Waals surface area contributed by atoms with E-state index in [0.717, 1.165) is 29.6 Å². The standard InChI is InChI=1S/C25H29N5O3S2/c1-3-35(2,33)28-14-6-4-5-12-23(32)29-20-11-7-10-19(17-20)27-13-8-9-18-15-21(31)24-22(16-18)34-25(26)30-24/h3,7,10-11,15-17,27,31H,1-2,4-6,12-14H2,(H2,26,30)(H,28,33)(H,29,32). The van der Waals surface area contributed by atoms with E-state index in [2.05, 4.69) is 44.6 Å². The molecule has 8 nitrogen and oxygen atoms in total. The number of phenolic OH excluding ortho intramolecular Hbond substituents is 1. The molecular weight excluding hydrogens is 482 g/mol. The van der Waals surface area contributed by atoms with Gasteiger partial charge >= 0.3 is 0 Å². The molecule has 1 unspecified atom stereocenters. The molecule has 35 heavy (non-hydrogen) atoms. The third kappa shape index (κ3) is 8.33. The number of unbranched alkanes of at least 4 members (excludes halogenated alkanes) is 2. The van der Waals surface area contributed by atoms with Gasteiger partial charge in [-0.25, -0.2) is 13.9 Å². The van der Waals surface area contributed by atoms with E-state index in [-0.39, 0.29) is 11.7 Å². The predicted octanol–water partition coefficient (Wildman–Crippen LogP) is 3.91. The molecule has 2 aromatic carbocycles. The number of benzene rings is 2. The van der Waals surface area contributed by atoms with E-state index in [1.807, 2.05) is 30.3 Å². The zero-order valence-corrected chi connectivity index (χ0v) is 20.9. The third-order valence-electron chi connectivity index (χ3n) is 4.95. The second-order valence-electron chi connectivity index (χ2n) is 7.78. The minimum absolute atomic E-state index is 0.0548. The highest BCUT2D eigenvalue weighted by Gasteiger charge is 2.07. The van der Waals surface area contributed by atoms with Crippen molar-refractivity contribution in [2.45, 2.75) is 25.7 Å². The van der Waals surface area contributed by atoms with Gasteiger partial charge in [0.05, 0.1) is 11.2 Å². The highest BCUT2D eigenvalue weighted by molar-refractivity contribution is 8.01. The van der Waals surface area contributed by atoms with Crippen LogP contribution in [0.1, 0.15) is 31.2 Å². The molecule has 0 saturated carbocycles. The Bertz CT molecular complexity index is 1370. The van der Waals surface area contributed by atoms with E-state index in [1.165, 1.54) is 16.7 Å². The maximum absolute atomic E-state index is 12.2. The summed E-state index contributed by atoms with van der Waals surface area (Å²) < 4.78 is 15.3. The van der Waals surface area contributed by atoms with Gasteiger partial charge in [-0.05, 0) is 49.0 Å². The zero-order valence-electron chi connectivity index (χ0n) is 19.3. The number of nitrogens with one attached hydrogen (secondary N) is 3. The summed E-state index contributed by atoms with van der Waals surface area (Å²) >= 11 is 1.30. The van der Waals surface area contributed by atoms with Gasteiger partial charge in [0.2, 0.25) is 5.91 Å². The lowest BCUT2D eigenvalue weighted by molar-refractivity contribution is -0.116. The number of carbonyl (C=O) groups excluding carboxylic acids is 1. The summed E-state index contributed by atoms with van der Waals surface area (Å²) in [5, 5.41) is 17.9. The Kier molecular flexibility index (Phi) is 9.14. The van der Waals surface area contributed by atoms with Crippen molar-refractivity contribution in [2.24, 2.45) is 0 Å². The van der Waals surface area contributed by atoms with Gasteiger partial charge < -0.3 is 21.5 Å². The fraction of sp³-hybridized carbons (Fsp3) is 0.240. The van der Waals surface area contributed by atoms with Crippen molar-refractivity contribution < 1.29 is 14.1 Å². The van der Waals surface area contributed by atoms with Crippen molar-refractivity contribution in [3.8, 4) is 17.6 Å². The highest BCUT2D eigenvalue weighted by atomic mass is 32.2. The molecule has 10 heteroatoms. The molecule has 0 bridgehead atoms. The number of anilines is 3. The number of nitrogens with two attached hydrogens (primary N) is 1. The SMILES string of the molecule is C=CS(=C)(=O)NCCCCCC(=O)Nc1cccc(NCC#Cc2cc(O)c3nc(N)sc3c2)c1. The maximum atomic E-state index is 12.2. The summed E-state index contributed by atoms with van der Waals surface area (Å²) in [6, 6.07) is 10.9. The molecule has 0 saturated heterocycles. The van der Waals surface area contributed by atoms with Gasteiger partial charge in [0.15, 0.2) is 5.13 Å². The van der Waals surface area contributed by atoms with Crippen LogP contribution in [0.2, 0.25) is 0 Å². The van der Waals surface area contributed by atoms with Gasteiger partial charge in [0, 0.05) is 45.0 Å². The number of rotatable bonds is 11. The number of thiazole rings is 1. The molecule has 0 aliphatic carbocycles. The number of hydrogen-bond acceptors (Lipinski definition) is 7. The van der Waals surface area contributed by atoms with Crippen molar-refractivity contribution in [1.82, 2.24) is 9.71 Å². The van der Waals surface area contributed by atoms with Gasteiger partial charge in [-0.15, -0.1) is 0 Å². The fourth-order valence-corrected chi connectivity index (χ4v) is 4.62. The average Bonchev–Trinajstić information content (AvgIpc) is 3.20. The number of amides is 1. The molecule has 0 spiro atoms. The molecule has 0 radical (unpaired) electrons. The van der Waals surface area contributed by atoms with Crippen molar-refractivity contribution >= 4 is 59.5 Å². The smallest absolute Gasteiger partial charge is 0.224 e. The van der Waals surface area contributed by atoms with E-state index in [4.69, 9.17) is 5.73 Å². The lowest BCUT2D eigenvalue weighted by Crippen LogP contribution is -2.21. The summed E-state index contributed by atoms with van der Waals surface area (Å²) in [6.07, 6.45) is 2.80. The van der Waals surface area contributed by atoms with E-state index in [0.29, 0.717) is 41.4 Å². The number of hydrogen-bond donors (Lipinski definition) is 5. The van der Waals surface area contributed by atoms with Gasteiger partial charge in [0.1, 0.15) is 11.3 Å². The predicted molar refractivity (Wildman–Crippen MR) is 148 cm³/mol. The van der Waals surface area contributed by atoms with Crippen LogP contribution in [0.4, 0.5) is 16.5 Å². The minimum Gasteiger partial charge on any atom is -0.506 e. The van der Waals surface area contributed by atoms with Crippen LogP contribution in [0.15, 0.2) is 48.4 Å². The first-order chi connectivity index (χ1) is 16.8. The maximum Gasteiger partial charge on any atom is 0.224 e. The molecule has 0 fully saturated rings. The number of nitrogens with zero attached hydrogens (tertiary/aromatic N) is 1. The van der Waals surface area contributed by atoms with Crippen LogP contribution >= 0.6 is 11.3 Å². The first kappa shape index (κ1) is 26.1. The van der Waals surface area contributed by atoms with Crippen LogP contribution in [0.3, 0.4) is 0 Å². The number of nitrogen functional groups attached to an aromatic ring is 1. The quantitative estimate of drug-likeness (QED) is 0.151. The highest BCUT2D eigenvalue weighted by Crippen LogP contribution is 2.31. The molecule has 184 valence electrons. The van der Waals surface area contributed by atoms with Crippen molar-refractivity contribution in [1.29, 1.82) is 0 Å². The monoisotopic (exact) mass is 511 g/mol. The zero-order chi connectivity index (χ0) is 25.3. The molecule has 6 N–H and O–H groups in total. The second-order valence-corrected chi connectivity index (χ2v) is 10.9. The summed E-state index contributed by atoms with van der Waals surface area (Å²) in [5.74, 6) is 9.60. The second kappa shape index (κ2) is 12.3. The Hall–Kier alpha value is -3.52. The third-order valence-corrected chi connectivity index (χ3v) is 7.01. The number of aromatic hydroxyl groups is 1. The normalized spacial score (nSPS) is 12.3. The minimum atomic E-state index is -2.40. The largest absolute Gasteiger partial charge is 0.506 e. The van der Waals surface area contributed by atoms with E-state index >= 15 is 0 Å². The van der Waals surface area contributed by atoms with Crippen LogP contribution < -0.4 is 21.1 Å². The Morgan fingerprint density at radius 2 is 2.03 bits per heavy atom. The Labute approximate surface area is 209 Å². The van der Waals surface area contributed by atoms with E-state index in [9.17, 15) is 14.1 Å². The van der Waals surface area contributed by atoms with Crippen molar-refractivity contribution in [3.05, 3.63) is 53.9 Å². The van der Waals surface area contributed by atoms with Crippen molar-refractivity contribution in [2.75, 3.05) is 29.5 Å². The fourth-order valence-electron chi connectivity index (χ4n) is 3.22. The van der Waals surface area contributed by atoms with Crippen molar-refractivity contribution in [3.63, 3.8) is 0 Å². The van der Waals surface area contributed by atoms with Gasteiger partial charge in [0.25, 0.3) is 0 Å². The summed E-state index contributed by atoms with van der Waals surface area (Å²) in [7, 11) is -2.40. The summed E-state index contributed by atoms with van der Waals surface area (Å²) in [4.78, 5) is 16.3. The molecule has 1 amide bonds. The molecule has 3 rings (SSSR count). The van der Waals surface area contributed by atoms with Gasteiger partial charge in [-0.1, -0.05) is 42.2 Å². The molecular formula is C25H29N5O3S2. The van der Waals surface area contributed by atoms with Gasteiger partial charge in [-0.2, -0.15) is 0 Å². The average molecular weight is 512 g/mol. The van der Waals surface area contributed by atoms with Crippen LogP contribution in [0.5, 0.6) is 5.75 Å². The molecule has 3 aromatic rings. The number of fused-ring (bicyclic) bond motifs is 1. The van der Waals surface area contributed by atoms with Gasteiger partial charge in [-0.3, -0.25) is 4.79 Å². The van der Waals surface area contributed by atoms with E-state index in [1.54, 1.807) is 6.07 Å². The Morgan fingerprint density at radius 1 is 1.23 bits per heavy atom. The molecule has 1 heterocycles. The summed E-state index contributed by atoms with van der Waals surface area (Å²) in [5.41, 5.74) is 8.40. The van der Waals surface area contributed by atoms with Crippen LogP contribution in [0, 0.1) is 11.8 Å². The number of carbonyl (C=O) groups is 1.